The van der Waals surface area contributed by atoms with E-state index < -0.39 is 0 Å². The summed E-state index contributed by atoms with van der Waals surface area (Å²) in [6, 6.07) is 7.92. The molecule has 0 aliphatic carbocycles. The van der Waals surface area contributed by atoms with Crippen molar-refractivity contribution in [2.45, 2.75) is 18.8 Å². The molecule has 1 saturated heterocycles. The molecule has 0 amide bonds. The predicted octanol–water partition coefficient (Wildman–Crippen LogP) is 2.75. The summed E-state index contributed by atoms with van der Waals surface area (Å²) in [5.41, 5.74) is 0.936. The third kappa shape index (κ3) is 2.08. The second-order valence-electron chi connectivity index (χ2n) is 4.92. The van der Waals surface area contributed by atoms with Gasteiger partial charge in [0.15, 0.2) is 0 Å². The number of aromatic nitrogens is 2. The molecule has 4 nitrogen and oxygen atoms in total. The molecule has 1 aromatic heterocycles. The first-order chi connectivity index (χ1) is 8.67. The maximum absolute atomic E-state index is 5.43. The van der Waals surface area contributed by atoms with Crippen LogP contribution in [0.15, 0.2) is 33.3 Å². The zero-order chi connectivity index (χ0) is 12.6. The van der Waals surface area contributed by atoms with Crippen molar-refractivity contribution in [3.8, 4) is 11.4 Å². The minimum Gasteiger partial charge on any atom is -0.338 e. The molecule has 1 aliphatic rings. The smallest absolute Gasteiger partial charge is 0.234 e. The molecule has 3 rings (SSSR count). The van der Waals surface area contributed by atoms with Crippen LogP contribution in [0.1, 0.15) is 19.2 Å². The molecule has 1 fully saturated rings. The van der Waals surface area contributed by atoms with Crippen molar-refractivity contribution in [3.05, 3.63) is 34.6 Å². The van der Waals surface area contributed by atoms with E-state index in [4.69, 9.17) is 4.52 Å². The van der Waals surface area contributed by atoms with Crippen molar-refractivity contribution in [2.75, 3.05) is 13.1 Å². The van der Waals surface area contributed by atoms with E-state index in [1.165, 1.54) is 0 Å². The van der Waals surface area contributed by atoms with E-state index >= 15 is 0 Å². The van der Waals surface area contributed by atoms with Gasteiger partial charge in [0, 0.05) is 16.6 Å². The van der Waals surface area contributed by atoms with Crippen molar-refractivity contribution < 1.29 is 4.52 Å². The molecule has 2 heterocycles. The van der Waals surface area contributed by atoms with Gasteiger partial charge in [-0.25, -0.2) is 0 Å². The molecule has 94 valence electrons. The van der Waals surface area contributed by atoms with Crippen LogP contribution in [0.25, 0.3) is 11.4 Å². The number of nitrogens with one attached hydrogen (secondary N) is 1. The van der Waals surface area contributed by atoms with E-state index in [9.17, 15) is 0 Å². The lowest BCUT2D eigenvalue weighted by Crippen LogP contribution is -2.25. The molecule has 1 atom stereocenters. The fourth-order valence-corrected chi connectivity index (χ4v) is 2.61. The molecular formula is C13H14BrN3O. The van der Waals surface area contributed by atoms with E-state index in [1.54, 1.807) is 0 Å². The summed E-state index contributed by atoms with van der Waals surface area (Å²) < 4.78 is 6.44. The van der Waals surface area contributed by atoms with Gasteiger partial charge in [0.2, 0.25) is 11.7 Å². The van der Waals surface area contributed by atoms with Crippen molar-refractivity contribution in [1.82, 2.24) is 15.5 Å². The Morgan fingerprint density at radius 1 is 1.44 bits per heavy atom. The first-order valence-corrected chi connectivity index (χ1v) is 6.78. The summed E-state index contributed by atoms with van der Waals surface area (Å²) in [4.78, 5) is 4.54. The minimum atomic E-state index is -0.0305. The number of halogens is 1. The van der Waals surface area contributed by atoms with Gasteiger partial charge >= 0.3 is 0 Å². The number of hydrogen-bond donors (Lipinski definition) is 1. The van der Waals surface area contributed by atoms with Gasteiger partial charge in [-0.05, 0) is 32.0 Å². The maximum atomic E-state index is 5.43. The van der Waals surface area contributed by atoms with E-state index in [-0.39, 0.29) is 5.41 Å². The molecule has 1 unspecified atom stereocenters. The van der Waals surface area contributed by atoms with Crippen molar-refractivity contribution in [3.63, 3.8) is 0 Å². The van der Waals surface area contributed by atoms with Crippen LogP contribution in [0.5, 0.6) is 0 Å². The lowest BCUT2D eigenvalue weighted by Gasteiger charge is -2.15. The maximum Gasteiger partial charge on any atom is 0.234 e. The van der Waals surface area contributed by atoms with Gasteiger partial charge < -0.3 is 9.84 Å². The molecule has 18 heavy (non-hydrogen) atoms. The van der Waals surface area contributed by atoms with Crippen molar-refractivity contribution >= 4 is 15.9 Å². The quantitative estimate of drug-likeness (QED) is 0.927. The number of benzene rings is 1. The van der Waals surface area contributed by atoms with Crippen LogP contribution in [-0.2, 0) is 5.41 Å². The molecule has 1 N–H and O–H groups in total. The van der Waals surface area contributed by atoms with E-state index in [0.717, 1.165) is 35.4 Å². The van der Waals surface area contributed by atoms with Crippen LogP contribution in [-0.4, -0.2) is 23.2 Å². The minimum absolute atomic E-state index is 0.0305. The highest BCUT2D eigenvalue weighted by atomic mass is 79.9. The normalized spacial score (nSPS) is 23.4. The summed E-state index contributed by atoms with van der Waals surface area (Å²) in [6.07, 6.45) is 1.03. The monoisotopic (exact) mass is 307 g/mol. The van der Waals surface area contributed by atoms with Crippen molar-refractivity contribution in [1.29, 1.82) is 0 Å². The van der Waals surface area contributed by atoms with E-state index in [2.05, 4.69) is 38.3 Å². The molecule has 1 aliphatic heterocycles. The second-order valence-corrected chi connectivity index (χ2v) is 5.84. The Kier molecular flexibility index (Phi) is 2.95. The molecule has 5 heteroatoms. The van der Waals surface area contributed by atoms with E-state index in [1.807, 2.05) is 24.3 Å². The molecule has 2 aromatic rings. The lowest BCUT2D eigenvalue weighted by atomic mass is 9.90. The third-order valence-electron chi connectivity index (χ3n) is 3.39. The molecular weight excluding hydrogens is 294 g/mol. The van der Waals surface area contributed by atoms with Gasteiger partial charge in [0.25, 0.3) is 0 Å². The summed E-state index contributed by atoms with van der Waals surface area (Å²) >= 11 is 3.45. The Morgan fingerprint density at radius 2 is 2.33 bits per heavy atom. The van der Waals surface area contributed by atoms with Gasteiger partial charge in [0.05, 0.1) is 5.41 Å². The Bertz CT molecular complexity index is 561. The van der Waals surface area contributed by atoms with Gasteiger partial charge in [-0.15, -0.1) is 0 Å². The van der Waals surface area contributed by atoms with Crippen LogP contribution < -0.4 is 5.32 Å². The van der Waals surface area contributed by atoms with Crippen LogP contribution in [0, 0.1) is 0 Å². The Hall–Kier alpha value is -1.20. The predicted molar refractivity (Wildman–Crippen MR) is 72.3 cm³/mol. The van der Waals surface area contributed by atoms with Gasteiger partial charge in [-0.3, -0.25) is 0 Å². The first-order valence-electron chi connectivity index (χ1n) is 5.98. The van der Waals surface area contributed by atoms with E-state index in [0.29, 0.717) is 5.82 Å². The van der Waals surface area contributed by atoms with Gasteiger partial charge in [-0.2, -0.15) is 4.98 Å². The Labute approximate surface area is 114 Å². The molecule has 0 radical (unpaired) electrons. The zero-order valence-corrected chi connectivity index (χ0v) is 11.7. The third-order valence-corrected chi connectivity index (χ3v) is 3.89. The van der Waals surface area contributed by atoms with Crippen molar-refractivity contribution in [2.24, 2.45) is 0 Å². The topological polar surface area (TPSA) is 51.0 Å². The highest BCUT2D eigenvalue weighted by Crippen LogP contribution is 2.30. The SMILES string of the molecule is CC1(c2nc(-c3cccc(Br)c3)no2)CCNC1. The summed E-state index contributed by atoms with van der Waals surface area (Å²) in [5, 5.41) is 7.42. The zero-order valence-electron chi connectivity index (χ0n) is 10.1. The summed E-state index contributed by atoms with van der Waals surface area (Å²) in [5.74, 6) is 1.38. The van der Waals surface area contributed by atoms with Crippen LogP contribution in [0.3, 0.4) is 0 Å². The standard InChI is InChI=1S/C13H14BrN3O/c1-13(5-6-15-8-13)12-16-11(17-18-12)9-3-2-4-10(14)7-9/h2-4,7,15H,5-6,8H2,1H3. The highest BCUT2D eigenvalue weighted by Gasteiger charge is 2.36. The fraction of sp³-hybridized carbons (Fsp3) is 0.385. The summed E-state index contributed by atoms with van der Waals surface area (Å²) in [7, 11) is 0. The highest BCUT2D eigenvalue weighted by molar-refractivity contribution is 9.10. The average Bonchev–Trinajstić information content (AvgIpc) is 2.98. The van der Waals surface area contributed by atoms with Gasteiger partial charge in [0.1, 0.15) is 0 Å². The van der Waals surface area contributed by atoms with Crippen LogP contribution in [0.4, 0.5) is 0 Å². The van der Waals surface area contributed by atoms with Gasteiger partial charge in [-0.1, -0.05) is 33.2 Å². The van der Waals surface area contributed by atoms with Crippen LogP contribution in [0.2, 0.25) is 0 Å². The fourth-order valence-electron chi connectivity index (χ4n) is 2.21. The number of rotatable bonds is 2. The molecule has 0 bridgehead atoms. The van der Waals surface area contributed by atoms with Crippen LogP contribution >= 0.6 is 15.9 Å². The summed E-state index contributed by atoms with van der Waals surface area (Å²) in [6.45, 7) is 4.06. The lowest BCUT2D eigenvalue weighted by molar-refractivity contribution is 0.306. The Morgan fingerprint density at radius 3 is 3.06 bits per heavy atom. The molecule has 1 aromatic carbocycles. The molecule has 0 saturated carbocycles. The largest absolute Gasteiger partial charge is 0.338 e. The Balaban J connectivity index is 1.94. The number of nitrogens with zero attached hydrogens (tertiary/aromatic N) is 2. The average molecular weight is 308 g/mol. The first kappa shape index (κ1) is 11.9. The second kappa shape index (κ2) is 4.48. The molecule has 0 spiro atoms. The number of hydrogen-bond acceptors (Lipinski definition) is 4.